The second kappa shape index (κ2) is 9.66. The molecule has 0 spiro atoms. The maximum Gasteiger partial charge on any atom is 0.336 e. The van der Waals surface area contributed by atoms with E-state index in [-0.39, 0.29) is 13.0 Å². The number of carbonyl (C=O) groups is 2. The lowest BCUT2D eigenvalue weighted by Crippen LogP contribution is -2.33. The number of fused-ring (bicyclic) bond motifs is 1. The van der Waals surface area contributed by atoms with Crippen LogP contribution in [0, 0.1) is 0 Å². The number of carboxylic acids is 1. The first kappa shape index (κ1) is 21.7. The van der Waals surface area contributed by atoms with Crippen molar-refractivity contribution in [3.05, 3.63) is 64.5 Å². The minimum Gasteiger partial charge on any atom is -0.493 e. The van der Waals surface area contributed by atoms with Gasteiger partial charge in [-0.3, -0.25) is 9.59 Å². The number of ether oxygens (including phenoxy) is 3. The smallest absolute Gasteiger partial charge is 0.336 e. The highest BCUT2D eigenvalue weighted by Crippen LogP contribution is 2.31. The van der Waals surface area contributed by atoms with Gasteiger partial charge in [-0.15, -0.1) is 0 Å². The van der Waals surface area contributed by atoms with Gasteiger partial charge in [-0.2, -0.15) is 0 Å². The molecule has 31 heavy (non-hydrogen) atoms. The third-order valence-electron chi connectivity index (χ3n) is 4.49. The van der Waals surface area contributed by atoms with Crippen LogP contribution in [0.4, 0.5) is 0 Å². The second-order valence-corrected chi connectivity index (χ2v) is 6.58. The Morgan fingerprint density at radius 2 is 1.77 bits per heavy atom. The highest BCUT2D eigenvalue weighted by Gasteiger charge is 2.20. The van der Waals surface area contributed by atoms with E-state index in [9.17, 15) is 19.5 Å². The SMILES string of the molecule is COc1ccc([C@@H](CC(=O)O)NC(=O)COc2ccc3ccc(=O)oc3c2)cc1OC. The Kier molecular flexibility index (Phi) is 6.76. The zero-order chi connectivity index (χ0) is 22.4. The lowest BCUT2D eigenvalue weighted by molar-refractivity contribution is -0.137. The number of rotatable bonds is 9. The molecule has 3 aromatic rings. The van der Waals surface area contributed by atoms with Crippen LogP contribution in [0.5, 0.6) is 17.2 Å². The summed E-state index contributed by atoms with van der Waals surface area (Å²) in [5.41, 5.74) is 0.384. The molecular weight excluding hydrogens is 406 g/mol. The predicted octanol–water partition coefficient (Wildman–Crippen LogP) is 2.52. The van der Waals surface area contributed by atoms with Gasteiger partial charge in [0.15, 0.2) is 18.1 Å². The van der Waals surface area contributed by atoms with E-state index in [1.807, 2.05) is 0 Å². The summed E-state index contributed by atoms with van der Waals surface area (Å²) in [6, 6.07) is 11.9. The van der Waals surface area contributed by atoms with Crippen molar-refractivity contribution in [2.75, 3.05) is 20.8 Å². The molecule has 0 saturated carbocycles. The van der Waals surface area contributed by atoms with Crippen molar-refractivity contribution in [1.29, 1.82) is 0 Å². The number of benzene rings is 2. The van der Waals surface area contributed by atoms with Gasteiger partial charge in [0.1, 0.15) is 11.3 Å². The number of methoxy groups -OCH3 is 2. The molecule has 9 heteroatoms. The first-order chi connectivity index (χ1) is 14.9. The number of carbonyl (C=O) groups excluding carboxylic acids is 1. The molecular formula is C22H21NO8. The standard InChI is InChI=1S/C22H21NO8/c1-28-17-7-4-14(9-19(17)29-2)16(11-21(25)26)23-20(24)12-30-15-6-3-13-5-8-22(27)31-18(13)10-15/h3-10,16H,11-12H2,1-2H3,(H,23,24)(H,25,26)/t16-/m1/s1. The van der Waals surface area contributed by atoms with Crippen LogP contribution in [-0.2, 0) is 9.59 Å². The van der Waals surface area contributed by atoms with Crippen molar-refractivity contribution in [3.63, 3.8) is 0 Å². The third kappa shape index (κ3) is 5.53. The zero-order valence-corrected chi connectivity index (χ0v) is 16.9. The summed E-state index contributed by atoms with van der Waals surface area (Å²) >= 11 is 0. The lowest BCUT2D eigenvalue weighted by Gasteiger charge is -2.19. The van der Waals surface area contributed by atoms with E-state index in [0.717, 1.165) is 0 Å². The van der Waals surface area contributed by atoms with E-state index in [4.69, 9.17) is 18.6 Å². The third-order valence-corrected chi connectivity index (χ3v) is 4.49. The number of amides is 1. The van der Waals surface area contributed by atoms with Crippen LogP contribution in [-0.4, -0.2) is 37.8 Å². The summed E-state index contributed by atoms with van der Waals surface area (Å²) < 4.78 is 21.0. The van der Waals surface area contributed by atoms with Crippen molar-refractivity contribution in [3.8, 4) is 17.2 Å². The fraction of sp³-hybridized carbons (Fsp3) is 0.227. The molecule has 2 N–H and O–H groups in total. The van der Waals surface area contributed by atoms with Gasteiger partial charge in [0.05, 0.1) is 26.7 Å². The number of hydrogen-bond donors (Lipinski definition) is 2. The minimum absolute atomic E-state index is 0.331. The number of aliphatic carboxylic acids is 1. The lowest BCUT2D eigenvalue weighted by atomic mass is 10.0. The summed E-state index contributed by atoms with van der Waals surface area (Å²) in [6.45, 7) is -0.355. The van der Waals surface area contributed by atoms with Crippen LogP contribution < -0.4 is 25.2 Å². The van der Waals surface area contributed by atoms with Crippen LogP contribution in [0.3, 0.4) is 0 Å². The van der Waals surface area contributed by atoms with E-state index < -0.39 is 23.5 Å². The zero-order valence-electron chi connectivity index (χ0n) is 16.9. The Balaban J connectivity index is 1.71. The fourth-order valence-corrected chi connectivity index (χ4v) is 3.01. The van der Waals surface area contributed by atoms with E-state index in [1.54, 1.807) is 36.4 Å². The van der Waals surface area contributed by atoms with Crippen molar-refractivity contribution in [2.24, 2.45) is 0 Å². The Bertz CT molecular complexity index is 1150. The monoisotopic (exact) mass is 427 g/mol. The molecule has 0 aliphatic rings. The average Bonchev–Trinajstić information content (AvgIpc) is 2.76. The van der Waals surface area contributed by atoms with Crippen molar-refractivity contribution in [2.45, 2.75) is 12.5 Å². The van der Waals surface area contributed by atoms with Gasteiger partial charge in [0.2, 0.25) is 0 Å². The van der Waals surface area contributed by atoms with Crippen molar-refractivity contribution < 1.29 is 33.3 Å². The molecule has 1 atom stereocenters. The van der Waals surface area contributed by atoms with Gasteiger partial charge in [0, 0.05) is 17.5 Å². The molecule has 162 valence electrons. The molecule has 0 saturated heterocycles. The van der Waals surface area contributed by atoms with Crippen LogP contribution in [0.2, 0.25) is 0 Å². The van der Waals surface area contributed by atoms with Gasteiger partial charge in [-0.05, 0) is 35.9 Å². The van der Waals surface area contributed by atoms with Gasteiger partial charge in [-0.25, -0.2) is 4.79 Å². The van der Waals surface area contributed by atoms with Gasteiger partial charge >= 0.3 is 11.6 Å². The van der Waals surface area contributed by atoms with Crippen LogP contribution in [0.25, 0.3) is 11.0 Å². The molecule has 1 amide bonds. The average molecular weight is 427 g/mol. The molecule has 0 radical (unpaired) electrons. The topological polar surface area (TPSA) is 124 Å². The minimum atomic E-state index is -1.08. The molecule has 1 aromatic heterocycles. The number of nitrogens with one attached hydrogen (secondary N) is 1. The molecule has 2 aromatic carbocycles. The van der Waals surface area contributed by atoms with Crippen LogP contribution in [0.15, 0.2) is 57.7 Å². The molecule has 0 unspecified atom stereocenters. The molecule has 9 nitrogen and oxygen atoms in total. The van der Waals surface area contributed by atoms with Crippen LogP contribution in [0.1, 0.15) is 18.0 Å². The van der Waals surface area contributed by atoms with Gasteiger partial charge in [-0.1, -0.05) is 6.07 Å². The maximum absolute atomic E-state index is 12.4. The molecule has 3 rings (SSSR count). The van der Waals surface area contributed by atoms with Gasteiger partial charge < -0.3 is 29.1 Å². The van der Waals surface area contributed by atoms with Crippen molar-refractivity contribution in [1.82, 2.24) is 5.32 Å². The highest BCUT2D eigenvalue weighted by molar-refractivity contribution is 5.80. The summed E-state index contributed by atoms with van der Waals surface area (Å²) in [4.78, 5) is 35.1. The van der Waals surface area contributed by atoms with E-state index >= 15 is 0 Å². The van der Waals surface area contributed by atoms with Gasteiger partial charge in [0.25, 0.3) is 5.91 Å². The van der Waals surface area contributed by atoms with E-state index in [2.05, 4.69) is 5.32 Å². The molecule has 0 aliphatic heterocycles. The highest BCUT2D eigenvalue weighted by atomic mass is 16.5. The molecule has 0 fully saturated rings. The first-order valence-corrected chi connectivity index (χ1v) is 9.29. The maximum atomic E-state index is 12.4. The summed E-state index contributed by atoms with van der Waals surface area (Å²) in [5, 5.41) is 12.6. The first-order valence-electron chi connectivity index (χ1n) is 9.29. The summed E-state index contributed by atoms with van der Waals surface area (Å²) in [7, 11) is 2.95. The molecule has 1 heterocycles. The Labute approximate surface area is 177 Å². The number of carboxylic acid groups (broad SMARTS) is 1. The Hall–Kier alpha value is -4.01. The Morgan fingerprint density at radius 3 is 2.48 bits per heavy atom. The molecule has 0 bridgehead atoms. The molecule has 0 aliphatic carbocycles. The quantitative estimate of drug-likeness (QED) is 0.499. The number of hydrogen-bond acceptors (Lipinski definition) is 7. The Morgan fingerprint density at radius 1 is 1.03 bits per heavy atom. The van der Waals surface area contributed by atoms with E-state index in [0.29, 0.717) is 33.8 Å². The fourth-order valence-electron chi connectivity index (χ4n) is 3.01. The summed E-state index contributed by atoms with van der Waals surface area (Å²) in [6.07, 6.45) is -0.331. The summed E-state index contributed by atoms with van der Waals surface area (Å²) in [5.74, 6) is -0.365. The predicted molar refractivity (Wildman–Crippen MR) is 111 cm³/mol. The normalized spacial score (nSPS) is 11.5. The van der Waals surface area contributed by atoms with E-state index in [1.165, 1.54) is 26.4 Å². The van der Waals surface area contributed by atoms with Crippen molar-refractivity contribution >= 4 is 22.8 Å². The largest absolute Gasteiger partial charge is 0.493 e. The second-order valence-electron chi connectivity index (χ2n) is 6.58. The van der Waals surface area contributed by atoms with Crippen LogP contribution >= 0.6 is 0 Å².